The van der Waals surface area contributed by atoms with Crippen molar-refractivity contribution in [1.82, 2.24) is 0 Å². The molecule has 1 aromatic rings. The number of benzene rings is 1. The number of ether oxygens (including phenoxy) is 1. The summed E-state index contributed by atoms with van der Waals surface area (Å²) in [4.78, 5) is 0. The SMILES string of the molecule is CC(N)c1cc(F)ccc1OCC(F)(F)C(F)F. The Morgan fingerprint density at radius 1 is 1.33 bits per heavy atom. The van der Waals surface area contributed by atoms with E-state index < -0.39 is 30.8 Å². The molecule has 0 bridgehead atoms. The zero-order valence-corrected chi connectivity index (χ0v) is 9.47. The van der Waals surface area contributed by atoms with Gasteiger partial charge in [0.2, 0.25) is 0 Å². The highest BCUT2D eigenvalue weighted by Crippen LogP contribution is 2.28. The molecule has 102 valence electrons. The topological polar surface area (TPSA) is 35.2 Å². The Bertz CT molecular complexity index is 408. The first-order chi connectivity index (χ1) is 8.24. The van der Waals surface area contributed by atoms with Crippen LogP contribution in [-0.2, 0) is 0 Å². The lowest BCUT2D eigenvalue weighted by molar-refractivity contribution is -0.148. The average Bonchev–Trinajstić information content (AvgIpc) is 2.27. The van der Waals surface area contributed by atoms with Crippen molar-refractivity contribution >= 4 is 0 Å². The maximum atomic E-state index is 12.9. The summed E-state index contributed by atoms with van der Waals surface area (Å²) < 4.78 is 66.7. The molecule has 0 saturated heterocycles. The van der Waals surface area contributed by atoms with Gasteiger partial charge < -0.3 is 10.5 Å². The van der Waals surface area contributed by atoms with Gasteiger partial charge in [0.05, 0.1) is 0 Å². The van der Waals surface area contributed by atoms with Gasteiger partial charge in [-0.05, 0) is 25.1 Å². The molecule has 2 nitrogen and oxygen atoms in total. The van der Waals surface area contributed by atoms with Crippen molar-refractivity contribution in [3.63, 3.8) is 0 Å². The normalized spacial score (nSPS) is 13.8. The molecule has 0 aliphatic carbocycles. The van der Waals surface area contributed by atoms with Crippen LogP contribution in [0.1, 0.15) is 18.5 Å². The van der Waals surface area contributed by atoms with Gasteiger partial charge in [-0.25, -0.2) is 13.2 Å². The monoisotopic (exact) mass is 269 g/mol. The van der Waals surface area contributed by atoms with Gasteiger partial charge in [-0.3, -0.25) is 0 Å². The van der Waals surface area contributed by atoms with E-state index in [1.165, 1.54) is 6.92 Å². The third kappa shape index (κ3) is 3.56. The summed E-state index contributed by atoms with van der Waals surface area (Å²) in [6.45, 7) is 0.00288. The molecule has 1 aromatic carbocycles. The third-order valence-corrected chi connectivity index (χ3v) is 2.20. The van der Waals surface area contributed by atoms with E-state index in [9.17, 15) is 22.0 Å². The van der Waals surface area contributed by atoms with Crippen LogP contribution in [0, 0.1) is 5.82 Å². The average molecular weight is 269 g/mol. The summed E-state index contributed by atoms with van der Waals surface area (Å²) in [7, 11) is 0. The zero-order valence-electron chi connectivity index (χ0n) is 9.47. The quantitative estimate of drug-likeness (QED) is 0.833. The molecule has 1 unspecified atom stereocenters. The molecule has 0 spiro atoms. The van der Waals surface area contributed by atoms with Gasteiger partial charge in [-0.15, -0.1) is 0 Å². The van der Waals surface area contributed by atoms with Crippen LogP contribution in [-0.4, -0.2) is 19.0 Å². The van der Waals surface area contributed by atoms with Gasteiger partial charge in [-0.1, -0.05) is 0 Å². The van der Waals surface area contributed by atoms with Crippen LogP contribution in [0.2, 0.25) is 0 Å². The highest BCUT2D eigenvalue weighted by atomic mass is 19.3. The molecule has 0 radical (unpaired) electrons. The van der Waals surface area contributed by atoms with Gasteiger partial charge in [0.1, 0.15) is 11.6 Å². The maximum Gasteiger partial charge on any atom is 0.340 e. The van der Waals surface area contributed by atoms with Crippen LogP contribution >= 0.6 is 0 Å². The van der Waals surface area contributed by atoms with Gasteiger partial charge in [-0.2, -0.15) is 8.78 Å². The molecule has 0 heterocycles. The molecular formula is C11H12F5NO. The largest absolute Gasteiger partial charge is 0.487 e. The van der Waals surface area contributed by atoms with Crippen molar-refractivity contribution < 1.29 is 26.7 Å². The minimum atomic E-state index is -4.26. The van der Waals surface area contributed by atoms with Crippen LogP contribution in [0.25, 0.3) is 0 Å². The standard InChI is InChI=1S/C11H12F5NO/c1-6(17)8-4-7(12)2-3-9(8)18-5-11(15,16)10(13)14/h2-4,6,10H,5,17H2,1H3. The number of hydrogen-bond donors (Lipinski definition) is 1. The van der Waals surface area contributed by atoms with E-state index in [1.807, 2.05) is 0 Å². The number of nitrogens with two attached hydrogens (primary N) is 1. The van der Waals surface area contributed by atoms with E-state index in [1.54, 1.807) is 0 Å². The van der Waals surface area contributed by atoms with E-state index in [2.05, 4.69) is 4.74 Å². The van der Waals surface area contributed by atoms with Crippen LogP contribution in [0.15, 0.2) is 18.2 Å². The molecule has 0 amide bonds. The van der Waals surface area contributed by atoms with E-state index in [0.717, 1.165) is 18.2 Å². The van der Waals surface area contributed by atoms with Crippen molar-refractivity contribution in [2.24, 2.45) is 5.73 Å². The fraction of sp³-hybridized carbons (Fsp3) is 0.455. The van der Waals surface area contributed by atoms with E-state index in [-0.39, 0.29) is 11.3 Å². The molecule has 0 fully saturated rings. The molecule has 7 heteroatoms. The van der Waals surface area contributed by atoms with Crippen molar-refractivity contribution in [1.29, 1.82) is 0 Å². The molecule has 1 atom stereocenters. The lowest BCUT2D eigenvalue weighted by Crippen LogP contribution is -2.34. The fourth-order valence-electron chi connectivity index (χ4n) is 1.24. The van der Waals surface area contributed by atoms with Crippen molar-refractivity contribution in [3.8, 4) is 5.75 Å². The van der Waals surface area contributed by atoms with Crippen molar-refractivity contribution in [2.75, 3.05) is 6.61 Å². The third-order valence-electron chi connectivity index (χ3n) is 2.20. The molecule has 0 saturated carbocycles. The van der Waals surface area contributed by atoms with Gasteiger partial charge in [0.15, 0.2) is 6.61 Å². The Labute approximate surface area is 101 Å². The Morgan fingerprint density at radius 3 is 2.44 bits per heavy atom. The lowest BCUT2D eigenvalue weighted by atomic mass is 10.1. The highest BCUT2D eigenvalue weighted by Gasteiger charge is 2.41. The molecule has 0 aliphatic heterocycles. The first-order valence-corrected chi connectivity index (χ1v) is 5.08. The zero-order chi connectivity index (χ0) is 13.9. The molecule has 1 rings (SSSR count). The summed E-state index contributed by atoms with van der Waals surface area (Å²) in [6.07, 6.45) is -3.82. The summed E-state index contributed by atoms with van der Waals surface area (Å²) >= 11 is 0. The highest BCUT2D eigenvalue weighted by molar-refractivity contribution is 5.36. The van der Waals surface area contributed by atoms with E-state index >= 15 is 0 Å². The van der Waals surface area contributed by atoms with Crippen molar-refractivity contribution in [2.45, 2.75) is 25.3 Å². The van der Waals surface area contributed by atoms with Crippen LogP contribution in [0.3, 0.4) is 0 Å². The van der Waals surface area contributed by atoms with Gasteiger partial charge in [0.25, 0.3) is 0 Å². The lowest BCUT2D eigenvalue weighted by Gasteiger charge is -2.18. The predicted molar refractivity (Wildman–Crippen MR) is 55.4 cm³/mol. The van der Waals surface area contributed by atoms with E-state index in [0.29, 0.717) is 0 Å². The van der Waals surface area contributed by atoms with Crippen LogP contribution < -0.4 is 10.5 Å². The summed E-state index contributed by atoms with van der Waals surface area (Å²) in [6, 6.07) is 2.40. The Kier molecular flexibility index (Phi) is 4.50. The summed E-state index contributed by atoms with van der Waals surface area (Å²) in [5.74, 6) is -5.01. The second-order valence-electron chi connectivity index (χ2n) is 3.82. The summed E-state index contributed by atoms with van der Waals surface area (Å²) in [5.41, 5.74) is 5.64. The summed E-state index contributed by atoms with van der Waals surface area (Å²) in [5, 5.41) is 0. The number of halogens is 5. The predicted octanol–water partition coefficient (Wildman–Crippen LogP) is 3.12. The number of hydrogen-bond acceptors (Lipinski definition) is 2. The first-order valence-electron chi connectivity index (χ1n) is 5.08. The maximum absolute atomic E-state index is 12.9. The Morgan fingerprint density at radius 2 is 1.94 bits per heavy atom. The number of rotatable bonds is 5. The molecular weight excluding hydrogens is 257 g/mol. The Balaban J connectivity index is 2.85. The van der Waals surface area contributed by atoms with Gasteiger partial charge >= 0.3 is 12.3 Å². The Hall–Kier alpha value is -1.37. The van der Waals surface area contributed by atoms with Crippen LogP contribution in [0.5, 0.6) is 5.75 Å². The number of alkyl halides is 4. The minimum Gasteiger partial charge on any atom is -0.487 e. The van der Waals surface area contributed by atoms with Gasteiger partial charge in [0, 0.05) is 11.6 Å². The molecule has 18 heavy (non-hydrogen) atoms. The van der Waals surface area contributed by atoms with Crippen molar-refractivity contribution in [3.05, 3.63) is 29.6 Å². The first kappa shape index (κ1) is 14.7. The second-order valence-corrected chi connectivity index (χ2v) is 3.82. The van der Waals surface area contributed by atoms with E-state index in [4.69, 9.17) is 5.73 Å². The molecule has 0 aromatic heterocycles. The minimum absolute atomic E-state index is 0.133. The second kappa shape index (κ2) is 5.51. The van der Waals surface area contributed by atoms with Crippen LogP contribution in [0.4, 0.5) is 22.0 Å². The molecule has 2 N–H and O–H groups in total. The fourth-order valence-corrected chi connectivity index (χ4v) is 1.24. The smallest absolute Gasteiger partial charge is 0.340 e. The molecule has 0 aliphatic rings.